The fourth-order valence-corrected chi connectivity index (χ4v) is 3.48. The molecule has 1 aromatic heterocycles. The van der Waals surface area contributed by atoms with E-state index in [9.17, 15) is 9.18 Å². The molecule has 3 rings (SSSR count). The lowest BCUT2D eigenvalue weighted by atomic mass is 10.0. The van der Waals surface area contributed by atoms with E-state index in [0.717, 1.165) is 11.3 Å². The number of para-hydroxylation sites is 1. The van der Waals surface area contributed by atoms with Gasteiger partial charge in [-0.15, -0.1) is 10.2 Å². The molecule has 0 saturated carbocycles. The Morgan fingerprint density at radius 3 is 2.46 bits per heavy atom. The smallest absolute Gasteiger partial charge is 0.237 e. The van der Waals surface area contributed by atoms with Crippen LogP contribution in [-0.2, 0) is 4.79 Å². The van der Waals surface area contributed by atoms with Crippen LogP contribution in [0.2, 0.25) is 0 Å². The Labute approximate surface area is 167 Å². The van der Waals surface area contributed by atoms with Crippen molar-refractivity contribution in [3.05, 3.63) is 59.9 Å². The average Bonchev–Trinajstić information content (AvgIpc) is 3.03. The highest BCUT2D eigenvalue weighted by molar-refractivity contribution is 8.00. The molecule has 0 unspecified atom stereocenters. The summed E-state index contributed by atoms with van der Waals surface area (Å²) in [4.78, 5) is 12.6. The number of aromatic nitrogens is 3. The number of carbonyl (C=O) groups is 1. The minimum absolute atomic E-state index is 0.149. The largest absolute Gasteiger partial charge is 0.335 e. The van der Waals surface area contributed by atoms with E-state index in [4.69, 9.17) is 5.84 Å². The van der Waals surface area contributed by atoms with E-state index in [1.165, 1.54) is 28.6 Å². The summed E-state index contributed by atoms with van der Waals surface area (Å²) in [7, 11) is 0. The average molecular weight is 399 g/mol. The molecule has 0 aliphatic rings. The molecule has 0 aliphatic heterocycles. The van der Waals surface area contributed by atoms with E-state index in [1.807, 2.05) is 24.3 Å². The van der Waals surface area contributed by atoms with Gasteiger partial charge >= 0.3 is 0 Å². The summed E-state index contributed by atoms with van der Waals surface area (Å²) in [5, 5.41) is 11.1. The molecule has 28 heavy (non-hydrogen) atoms. The fraction of sp³-hybridized carbons (Fsp3) is 0.250. The third-order valence-electron chi connectivity index (χ3n) is 4.26. The van der Waals surface area contributed by atoms with Crippen molar-refractivity contribution < 1.29 is 9.18 Å². The highest BCUT2D eigenvalue weighted by Gasteiger charge is 2.21. The van der Waals surface area contributed by atoms with Crippen LogP contribution in [-0.4, -0.2) is 26.0 Å². The molecule has 6 nitrogen and oxygen atoms in total. The quantitative estimate of drug-likeness (QED) is 0.483. The summed E-state index contributed by atoms with van der Waals surface area (Å²) in [6.45, 7) is 5.94. The normalized spacial score (nSPS) is 12.2. The Morgan fingerprint density at radius 1 is 1.11 bits per heavy atom. The van der Waals surface area contributed by atoms with Gasteiger partial charge in [0.2, 0.25) is 11.1 Å². The lowest BCUT2D eigenvalue weighted by molar-refractivity contribution is -0.115. The lowest BCUT2D eigenvalue weighted by Crippen LogP contribution is -2.24. The van der Waals surface area contributed by atoms with E-state index in [0.29, 0.717) is 22.5 Å². The second kappa shape index (κ2) is 8.43. The van der Waals surface area contributed by atoms with Crippen molar-refractivity contribution in [3.8, 4) is 11.4 Å². The standard InChI is InChI=1S/C20H22FN5OS/c1-12(2)16-6-4-5-7-17(16)23-19(27)13(3)28-20-25-24-18(26(20)22)14-8-10-15(21)11-9-14/h4-13H,22H2,1-3H3,(H,23,27)/t13-/m1/s1. The number of nitrogens with zero attached hydrogens (tertiary/aromatic N) is 3. The predicted octanol–water partition coefficient (Wildman–Crippen LogP) is 4.04. The van der Waals surface area contributed by atoms with E-state index >= 15 is 0 Å². The molecule has 2 aromatic carbocycles. The van der Waals surface area contributed by atoms with Crippen LogP contribution in [0, 0.1) is 5.82 Å². The summed E-state index contributed by atoms with van der Waals surface area (Å²) >= 11 is 1.21. The monoisotopic (exact) mass is 399 g/mol. The van der Waals surface area contributed by atoms with Crippen molar-refractivity contribution in [1.29, 1.82) is 0 Å². The lowest BCUT2D eigenvalue weighted by Gasteiger charge is -2.16. The molecule has 0 fully saturated rings. The molecule has 1 heterocycles. The van der Waals surface area contributed by atoms with Crippen LogP contribution >= 0.6 is 11.8 Å². The summed E-state index contributed by atoms with van der Waals surface area (Å²) in [6.07, 6.45) is 0. The predicted molar refractivity (Wildman–Crippen MR) is 110 cm³/mol. The van der Waals surface area contributed by atoms with Gasteiger partial charge in [0, 0.05) is 11.3 Å². The highest BCUT2D eigenvalue weighted by atomic mass is 32.2. The van der Waals surface area contributed by atoms with E-state index in [1.54, 1.807) is 19.1 Å². The van der Waals surface area contributed by atoms with Crippen LogP contribution < -0.4 is 11.2 Å². The number of nitrogen functional groups attached to an aromatic ring is 1. The number of carbonyl (C=O) groups excluding carboxylic acids is 1. The Balaban J connectivity index is 1.72. The molecule has 1 amide bonds. The van der Waals surface area contributed by atoms with Crippen LogP contribution in [0.5, 0.6) is 0 Å². The van der Waals surface area contributed by atoms with Gasteiger partial charge in [-0.05, 0) is 48.7 Å². The van der Waals surface area contributed by atoms with Gasteiger partial charge in [0.25, 0.3) is 0 Å². The SMILES string of the molecule is CC(C)c1ccccc1NC(=O)[C@@H](C)Sc1nnc(-c2ccc(F)cc2)n1N. The third-order valence-corrected chi connectivity index (χ3v) is 5.32. The molecule has 8 heteroatoms. The molecule has 1 atom stereocenters. The number of benzene rings is 2. The van der Waals surface area contributed by atoms with Gasteiger partial charge in [0.05, 0.1) is 5.25 Å². The van der Waals surface area contributed by atoms with Crippen molar-refractivity contribution in [2.75, 3.05) is 11.2 Å². The fourth-order valence-electron chi connectivity index (χ4n) is 2.71. The number of rotatable bonds is 6. The first-order valence-electron chi connectivity index (χ1n) is 8.89. The molecule has 3 aromatic rings. The summed E-state index contributed by atoms with van der Waals surface area (Å²) in [6, 6.07) is 13.6. The maximum absolute atomic E-state index is 13.1. The second-order valence-electron chi connectivity index (χ2n) is 6.67. The van der Waals surface area contributed by atoms with Crippen LogP contribution in [0.25, 0.3) is 11.4 Å². The number of anilines is 1. The van der Waals surface area contributed by atoms with Gasteiger partial charge in [0.1, 0.15) is 5.82 Å². The zero-order chi connectivity index (χ0) is 20.3. The Morgan fingerprint density at radius 2 is 1.79 bits per heavy atom. The number of nitrogens with two attached hydrogens (primary N) is 1. The molecular weight excluding hydrogens is 377 g/mol. The number of nitrogens with one attached hydrogen (secondary N) is 1. The number of hydrogen-bond acceptors (Lipinski definition) is 5. The maximum atomic E-state index is 13.1. The molecule has 0 spiro atoms. The minimum atomic E-state index is -0.437. The number of halogens is 1. The van der Waals surface area contributed by atoms with Gasteiger partial charge < -0.3 is 11.2 Å². The van der Waals surface area contributed by atoms with Crippen molar-refractivity contribution in [2.45, 2.75) is 37.1 Å². The van der Waals surface area contributed by atoms with Crippen LogP contribution in [0.1, 0.15) is 32.3 Å². The summed E-state index contributed by atoms with van der Waals surface area (Å²) in [5.74, 6) is 6.29. The Hall–Kier alpha value is -2.87. The van der Waals surface area contributed by atoms with Gasteiger partial charge in [-0.25, -0.2) is 9.07 Å². The van der Waals surface area contributed by atoms with Crippen molar-refractivity contribution in [1.82, 2.24) is 14.9 Å². The first-order valence-corrected chi connectivity index (χ1v) is 9.77. The number of hydrogen-bond donors (Lipinski definition) is 2. The molecular formula is C20H22FN5OS. The van der Waals surface area contributed by atoms with Crippen LogP contribution in [0.4, 0.5) is 10.1 Å². The van der Waals surface area contributed by atoms with Gasteiger partial charge in [-0.3, -0.25) is 4.79 Å². The minimum Gasteiger partial charge on any atom is -0.335 e. The molecule has 3 N–H and O–H groups in total. The first-order chi connectivity index (χ1) is 13.4. The zero-order valence-corrected chi connectivity index (χ0v) is 16.7. The molecule has 0 aliphatic carbocycles. The van der Waals surface area contributed by atoms with Gasteiger partial charge in [-0.2, -0.15) is 0 Å². The topological polar surface area (TPSA) is 85.8 Å². The van der Waals surface area contributed by atoms with E-state index < -0.39 is 5.25 Å². The molecule has 0 bridgehead atoms. The summed E-state index contributed by atoms with van der Waals surface area (Å²) in [5.41, 5.74) is 2.52. The zero-order valence-electron chi connectivity index (χ0n) is 15.9. The Kier molecular flexibility index (Phi) is 5.99. The van der Waals surface area contributed by atoms with Crippen LogP contribution in [0.15, 0.2) is 53.7 Å². The van der Waals surface area contributed by atoms with Gasteiger partial charge in [-0.1, -0.05) is 43.8 Å². The van der Waals surface area contributed by atoms with Crippen LogP contribution in [0.3, 0.4) is 0 Å². The second-order valence-corrected chi connectivity index (χ2v) is 7.98. The summed E-state index contributed by atoms with van der Waals surface area (Å²) < 4.78 is 14.4. The molecule has 0 saturated heterocycles. The van der Waals surface area contributed by atoms with Crippen molar-refractivity contribution in [3.63, 3.8) is 0 Å². The van der Waals surface area contributed by atoms with Gasteiger partial charge in [0.15, 0.2) is 5.82 Å². The number of amides is 1. The molecule has 146 valence electrons. The third kappa shape index (κ3) is 4.33. The first kappa shape index (κ1) is 19.9. The maximum Gasteiger partial charge on any atom is 0.237 e. The van der Waals surface area contributed by atoms with E-state index in [-0.39, 0.29) is 11.7 Å². The van der Waals surface area contributed by atoms with Crippen molar-refractivity contribution >= 4 is 23.4 Å². The Bertz CT molecular complexity index is 971. The van der Waals surface area contributed by atoms with E-state index in [2.05, 4.69) is 29.4 Å². The highest BCUT2D eigenvalue weighted by Crippen LogP contribution is 2.27. The number of thioether (sulfide) groups is 1. The molecule has 0 radical (unpaired) electrons. The van der Waals surface area contributed by atoms with Crippen molar-refractivity contribution in [2.24, 2.45) is 0 Å².